The Hall–Kier alpha value is -2.07. The van der Waals surface area contributed by atoms with E-state index >= 15 is 0 Å². The molecule has 1 heterocycles. The van der Waals surface area contributed by atoms with Crippen molar-refractivity contribution in [1.29, 1.82) is 0 Å². The summed E-state index contributed by atoms with van der Waals surface area (Å²) in [6.45, 7) is 0.418. The summed E-state index contributed by atoms with van der Waals surface area (Å²) in [5, 5.41) is 2.72. The summed E-state index contributed by atoms with van der Waals surface area (Å²) in [5.41, 5.74) is 0.518. The summed E-state index contributed by atoms with van der Waals surface area (Å²) < 4.78 is 32.6. The summed E-state index contributed by atoms with van der Waals surface area (Å²) >= 11 is 7.57. The van der Waals surface area contributed by atoms with Gasteiger partial charge in [-0.05, 0) is 49.4 Å². The van der Waals surface area contributed by atoms with Crippen molar-refractivity contribution in [3.8, 4) is 0 Å². The highest BCUT2D eigenvalue weighted by Gasteiger charge is 2.26. The lowest BCUT2D eigenvalue weighted by molar-refractivity contribution is -0.119. The minimum absolute atomic E-state index is 0.0602. The van der Waals surface area contributed by atoms with Crippen molar-refractivity contribution < 1.29 is 22.7 Å². The second kappa shape index (κ2) is 11.2. The summed E-state index contributed by atoms with van der Waals surface area (Å²) in [6, 6.07) is 11.1. The van der Waals surface area contributed by atoms with Gasteiger partial charge in [-0.15, -0.1) is 11.8 Å². The molecule has 3 rings (SSSR count). The van der Waals surface area contributed by atoms with Crippen LogP contribution in [0.25, 0.3) is 0 Å². The van der Waals surface area contributed by atoms with Gasteiger partial charge in [0.15, 0.2) is 6.61 Å². The molecule has 1 fully saturated rings. The molecular formula is C22H25ClN2O5S2. The van der Waals surface area contributed by atoms with Crippen molar-refractivity contribution in [2.24, 2.45) is 0 Å². The SMILES string of the molecule is CSc1ccccc1C(=O)OCC(=O)Nc1cc(S(=O)(=O)N2CCCCCC2)ccc1Cl. The zero-order chi connectivity index (χ0) is 23.1. The summed E-state index contributed by atoms with van der Waals surface area (Å²) in [7, 11) is -3.69. The zero-order valence-electron chi connectivity index (χ0n) is 17.7. The molecule has 0 unspecified atom stereocenters. The van der Waals surface area contributed by atoms with Crippen molar-refractivity contribution >= 4 is 50.9 Å². The summed E-state index contributed by atoms with van der Waals surface area (Å²) in [6.07, 6.45) is 5.50. The minimum atomic E-state index is -3.69. The third-order valence-electron chi connectivity index (χ3n) is 5.08. The van der Waals surface area contributed by atoms with Crippen molar-refractivity contribution in [1.82, 2.24) is 4.31 Å². The number of benzene rings is 2. The first-order chi connectivity index (χ1) is 15.3. The second-order valence-electron chi connectivity index (χ2n) is 7.28. The van der Waals surface area contributed by atoms with E-state index in [9.17, 15) is 18.0 Å². The maximum absolute atomic E-state index is 13.0. The molecule has 1 aliphatic heterocycles. The first-order valence-corrected chi connectivity index (χ1v) is 13.3. The molecule has 0 spiro atoms. The van der Waals surface area contributed by atoms with Gasteiger partial charge in [-0.3, -0.25) is 4.79 Å². The Kier molecular flexibility index (Phi) is 8.58. The van der Waals surface area contributed by atoms with Gasteiger partial charge in [0.25, 0.3) is 5.91 Å². The molecule has 1 saturated heterocycles. The number of carbonyl (C=O) groups is 2. The number of thioether (sulfide) groups is 1. The quantitative estimate of drug-likeness (QED) is 0.450. The molecule has 1 amide bonds. The normalized spacial score (nSPS) is 15.1. The Morgan fingerprint density at radius 2 is 1.78 bits per heavy atom. The molecule has 2 aromatic carbocycles. The molecule has 1 aliphatic rings. The van der Waals surface area contributed by atoms with Crippen LogP contribution < -0.4 is 5.32 Å². The smallest absolute Gasteiger partial charge is 0.339 e. The highest BCUT2D eigenvalue weighted by atomic mass is 35.5. The first kappa shape index (κ1) is 24.6. The minimum Gasteiger partial charge on any atom is -0.452 e. The lowest BCUT2D eigenvalue weighted by atomic mass is 10.2. The number of nitrogens with zero attached hydrogens (tertiary/aromatic N) is 1. The van der Waals surface area contributed by atoms with Gasteiger partial charge >= 0.3 is 5.97 Å². The van der Waals surface area contributed by atoms with Gasteiger partial charge in [-0.2, -0.15) is 4.31 Å². The van der Waals surface area contributed by atoms with Gasteiger partial charge in [0.2, 0.25) is 10.0 Å². The number of carbonyl (C=O) groups excluding carboxylic acids is 2. The van der Waals surface area contributed by atoms with Crippen molar-refractivity contribution in [2.75, 3.05) is 31.3 Å². The second-order valence-corrected chi connectivity index (χ2v) is 10.5. The molecule has 0 saturated carbocycles. The van der Waals surface area contributed by atoms with Gasteiger partial charge in [0.1, 0.15) is 0 Å². The van der Waals surface area contributed by atoms with E-state index in [-0.39, 0.29) is 15.6 Å². The van der Waals surface area contributed by atoms with E-state index in [1.165, 1.54) is 34.3 Å². The fraction of sp³-hybridized carbons (Fsp3) is 0.364. The number of nitrogens with one attached hydrogen (secondary N) is 1. The van der Waals surface area contributed by atoms with Gasteiger partial charge in [-0.1, -0.05) is 36.6 Å². The van der Waals surface area contributed by atoms with Crippen LogP contribution in [-0.2, 0) is 19.6 Å². The van der Waals surface area contributed by atoms with Crippen LogP contribution in [0.1, 0.15) is 36.0 Å². The molecule has 0 atom stereocenters. The van der Waals surface area contributed by atoms with Gasteiger partial charge in [0.05, 0.1) is 21.2 Å². The first-order valence-electron chi connectivity index (χ1n) is 10.2. The lowest BCUT2D eigenvalue weighted by Gasteiger charge is -2.20. The molecule has 0 aromatic heterocycles. The molecule has 0 aliphatic carbocycles. The van der Waals surface area contributed by atoms with Crippen LogP contribution in [0.5, 0.6) is 0 Å². The van der Waals surface area contributed by atoms with Crippen LogP contribution >= 0.6 is 23.4 Å². The fourth-order valence-electron chi connectivity index (χ4n) is 3.40. The molecule has 172 valence electrons. The van der Waals surface area contributed by atoms with Crippen molar-refractivity contribution in [2.45, 2.75) is 35.5 Å². The predicted molar refractivity (Wildman–Crippen MR) is 126 cm³/mol. The number of anilines is 1. The van der Waals surface area contributed by atoms with Gasteiger partial charge in [0, 0.05) is 18.0 Å². The van der Waals surface area contributed by atoms with Crippen LogP contribution in [0.15, 0.2) is 52.3 Å². The van der Waals surface area contributed by atoms with Crippen LogP contribution in [0.4, 0.5) is 5.69 Å². The highest BCUT2D eigenvalue weighted by molar-refractivity contribution is 7.98. The predicted octanol–water partition coefficient (Wildman–Crippen LogP) is 4.42. The third kappa shape index (κ3) is 6.04. The number of hydrogen-bond donors (Lipinski definition) is 1. The average molecular weight is 497 g/mol. The van der Waals surface area contributed by atoms with E-state index in [0.29, 0.717) is 18.7 Å². The zero-order valence-corrected chi connectivity index (χ0v) is 20.1. The molecule has 0 bridgehead atoms. The molecule has 0 radical (unpaired) electrons. The number of rotatable bonds is 7. The monoisotopic (exact) mass is 496 g/mol. The van der Waals surface area contributed by atoms with Crippen LogP contribution in [0, 0.1) is 0 Å². The van der Waals surface area contributed by atoms with E-state index < -0.39 is 28.5 Å². The maximum Gasteiger partial charge on any atom is 0.339 e. The molecule has 10 heteroatoms. The van der Waals surface area contributed by atoms with Crippen molar-refractivity contribution in [3.05, 3.63) is 53.1 Å². The Balaban J connectivity index is 1.68. The highest BCUT2D eigenvalue weighted by Crippen LogP contribution is 2.28. The Morgan fingerprint density at radius 3 is 2.47 bits per heavy atom. The van der Waals surface area contributed by atoms with Crippen LogP contribution in [0.3, 0.4) is 0 Å². The van der Waals surface area contributed by atoms with E-state index in [1.807, 2.05) is 12.3 Å². The fourth-order valence-corrected chi connectivity index (χ4v) is 5.69. The maximum atomic E-state index is 13.0. The Morgan fingerprint density at radius 1 is 1.09 bits per heavy atom. The summed E-state index contributed by atoms with van der Waals surface area (Å²) in [5.74, 6) is -1.24. The Bertz CT molecular complexity index is 1080. The number of halogens is 1. The molecular weight excluding hydrogens is 472 g/mol. The topological polar surface area (TPSA) is 92.8 Å². The average Bonchev–Trinajstić information content (AvgIpc) is 3.09. The largest absolute Gasteiger partial charge is 0.452 e. The molecule has 1 N–H and O–H groups in total. The van der Waals surface area contributed by atoms with E-state index in [4.69, 9.17) is 16.3 Å². The number of amides is 1. The number of ether oxygens (including phenoxy) is 1. The third-order valence-corrected chi connectivity index (χ3v) is 8.10. The van der Waals surface area contributed by atoms with E-state index in [2.05, 4.69) is 5.32 Å². The van der Waals surface area contributed by atoms with Crippen LogP contribution in [0.2, 0.25) is 5.02 Å². The van der Waals surface area contributed by atoms with Crippen LogP contribution in [-0.4, -0.2) is 50.6 Å². The Labute approximate surface area is 197 Å². The molecule has 7 nitrogen and oxygen atoms in total. The lowest BCUT2D eigenvalue weighted by Crippen LogP contribution is -2.32. The molecule has 2 aromatic rings. The van der Waals surface area contributed by atoms with Gasteiger partial charge < -0.3 is 10.1 Å². The van der Waals surface area contributed by atoms with Crippen molar-refractivity contribution in [3.63, 3.8) is 0 Å². The number of sulfonamides is 1. The van der Waals surface area contributed by atoms with Gasteiger partial charge in [-0.25, -0.2) is 13.2 Å². The van der Waals surface area contributed by atoms with E-state index in [1.54, 1.807) is 18.2 Å². The number of esters is 1. The number of hydrogen-bond acceptors (Lipinski definition) is 6. The van der Waals surface area contributed by atoms with E-state index in [0.717, 1.165) is 30.6 Å². The summed E-state index contributed by atoms with van der Waals surface area (Å²) in [4.78, 5) is 25.5. The molecule has 32 heavy (non-hydrogen) atoms. The standard InChI is InChI=1S/C22H25ClN2O5S2/c1-31-20-9-5-4-8-17(20)22(27)30-15-21(26)24-19-14-16(10-11-18(19)23)32(28,29)25-12-6-2-3-7-13-25/h4-5,8-11,14H,2-3,6-7,12-13,15H2,1H3,(H,24,26).